The van der Waals surface area contributed by atoms with E-state index in [9.17, 15) is 57.1 Å². The zero-order valence-electron chi connectivity index (χ0n) is 20.2. The molecule has 37 heavy (non-hydrogen) atoms. The monoisotopic (exact) mass is 574 g/mol. The molecule has 0 aliphatic rings. The van der Waals surface area contributed by atoms with Crippen molar-refractivity contribution in [3.63, 3.8) is 0 Å². The van der Waals surface area contributed by atoms with Crippen LogP contribution in [0.25, 0.3) is 0 Å². The average molecular weight is 574 g/mol. The van der Waals surface area contributed by atoms with Gasteiger partial charge in [-0.1, -0.05) is 31.8 Å². The van der Waals surface area contributed by atoms with E-state index in [-0.39, 0.29) is 6.42 Å². The molecule has 0 fully saturated rings. The molecule has 222 valence electrons. The number of allylic oxidation sites excluding steroid dienone is 1. The summed E-state index contributed by atoms with van der Waals surface area (Å²) in [6.45, 7) is 0.799. The number of hydrogen-bond donors (Lipinski definition) is 1. The average Bonchev–Trinajstić information content (AvgIpc) is 2.75. The van der Waals surface area contributed by atoms with Crippen LogP contribution in [0.15, 0.2) is 12.7 Å². The number of hydrogen-bond acceptors (Lipinski definition) is 2. The SMILES string of the molecule is C=CCCCCCCCCOC(CO)CC(F)(F)C(F)(F)C(F)(F)C(F)(F)C(F)(F)C(F)(F)C(C)(C)F. The third kappa shape index (κ3) is 7.45. The molecule has 1 unspecified atom stereocenters. The highest BCUT2D eigenvalue weighted by atomic mass is 19.4. The number of rotatable bonds is 19. The van der Waals surface area contributed by atoms with Crippen LogP contribution in [0, 0.1) is 0 Å². The molecule has 0 saturated heterocycles. The minimum Gasteiger partial charge on any atom is -0.394 e. The Balaban J connectivity index is 5.50. The zero-order chi connectivity index (χ0) is 29.6. The first-order valence-corrected chi connectivity index (χ1v) is 11.3. The Hall–Kier alpha value is -1.25. The summed E-state index contributed by atoms with van der Waals surface area (Å²) in [6, 6.07) is 0. The standard InChI is InChI=1S/C22H31F13O2/c1-4-5-6-7-8-9-10-11-12-37-15(14-36)13-17(24,25)19(28,29)21(32,33)22(34,35)20(30,31)18(26,27)16(2,3)23/h4,15,36H,1,5-14H2,2-3H3. The van der Waals surface area contributed by atoms with Gasteiger partial charge in [0, 0.05) is 13.0 Å². The van der Waals surface area contributed by atoms with E-state index >= 15 is 0 Å². The minimum absolute atomic E-state index is 0.161. The van der Waals surface area contributed by atoms with Crippen molar-refractivity contribution >= 4 is 0 Å². The predicted molar refractivity (Wildman–Crippen MR) is 109 cm³/mol. The Morgan fingerprint density at radius 2 is 1.05 bits per heavy atom. The molecule has 0 spiro atoms. The number of halogens is 13. The van der Waals surface area contributed by atoms with Gasteiger partial charge in [0.15, 0.2) is 5.67 Å². The highest BCUT2D eigenvalue weighted by Crippen LogP contribution is 2.62. The van der Waals surface area contributed by atoms with Crippen LogP contribution >= 0.6 is 0 Å². The van der Waals surface area contributed by atoms with Gasteiger partial charge in [-0.3, -0.25) is 0 Å². The predicted octanol–water partition coefficient (Wildman–Crippen LogP) is 8.23. The molecule has 0 heterocycles. The highest BCUT2D eigenvalue weighted by Gasteiger charge is 2.91. The molecule has 0 amide bonds. The van der Waals surface area contributed by atoms with Gasteiger partial charge in [0.1, 0.15) is 0 Å². The fraction of sp³-hybridized carbons (Fsp3) is 0.909. The molecule has 0 aromatic rings. The molecule has 0 saturated carbocycles. The van der Waals surface area contributed by atoms with Crippen LogP contribution in [-0.4, -0.2) is 65.6 Å². The van der Waals surface area contributed by atoms with Crippen molar-refractivity contribution in [2.24, 2.45) is 0 Å². The van der Waals surface area contributed by atoms with Crippen LogP contribution < -0.4 is 0 Å². The summed E-state index contributed by atoms with van der Waals surface area (Å²) in [5, 5.41) is 9.06. The van der Waals surface area contributed by atoms with Crippen LogP contribution in [0.5, 0.6) is 0 Å². The summed E-state index contributed by atoms with van der Waals surface area (Å²) in [6.07, 6.45) is 1.50. The molecule has 1 atom stereocenters. The fourth-order valence-corrected chi connectivity index (χ4v) is 3.13. The molecular weight excluding hydrogens is 543 g/mol. The molecule has 0 aliphatic heterocycles. The Kier molecular flexibility index (Phi) is 12.3. The second kappa shape index (κ2) is 12.7. The lowest BCUT2D eigenvalue weighted by molar-refractivity contribution is -0.434. The maximum absolute atomic E-state index is 14.1. The third-order valence-corrected chi connectivity index (χ3v) is 5.63. The topological polar surface area (TPSA) is 29.5 Å². The lowest BCUT2D eigenvalue weighted by Crippen LogP contribution is -2.73. The Bertz CT molecular complexity index is 703. The number of unbranched alkanes of at least 4 members (excludes halogenated alkanes) is 6. The molecule has 0 aromatic heterocycles. The second-order valence-corrected chi connectivity index (χ2v) is 9.13. The molecule has 2 nitrogen and oxygen atoms in total. The normalized spacial score (nSPS) is 15.7. The highest BCUT2D eigenvalue weighted by molar-refractivity contribution is 5.14. The van der Waals surface area contributed by atoms with Crippen molar-refractivity contribution in [2.75, 3.05) is 13.2 Å². The zero-order valence-corrected chi connectivity index (χ0v) is 20.2. The lowest BCUT2D eigenvalue weighted by Gasteiger charge is -2.43. The summed E-state index contributed by atoms with van der Waals surface area (Å²) in [4.78, 5) is 0. The van der Waals surface area contributed by atoms with E-state index in [0.29, 0.717) is 12.8 Å². The van der Waals surface area contributed by atoms with E-state index < -0.39 is 80.8 Å². The molecule has 0 radical (unpaired) electrons. The van der Waals surface area contributed by atoms with Crippen LogP contribution in [0.2, 0.25) is 0 Å². The summed E-state index contributed by atoms with van der Waals surface area (Å²) in [5.41, 5.74) is -4.64. The molecule has 1 N–H and O–H groups in total. The van der Waals surface area contributed by atoms with E-state index in [2.05, 4.69) is 6.58 Å². The maximum Gasteiger partial charge on any atom is 0.384 e. The Morgan fingerprint density at radius 1 is 0.649 bits per heavy atom. The van der Waals surface area contributed by atoms with Gasteiger partial charge in [-0.05, 0) is 33.1 Å². The van der Waals surface area contributed by atoms with Crippen molar-refractivity contribution in [1.29, 1.82) is 0 Å². The summed E-state index contributed by atoms with van der Waals surface area (Å²) in [7, 11) is 0. The molecule has 0 aromatic carbocycles. The third-order valence-electron chi connectivity index (χ3n) is 5.63. The van der Waals surface area contributed by atoms with E-state index in [4.69, 9.17) is 9.84 Å². The number of alkyl halides is 13. The maximum atomic E-state index is 14.1. The van der Waals surface area contributed by atoms with Gasteiger partial charge < -0.3 is 9.84 Å². The van der Waals surface area contributed by atoms with Crippen molar-refractivity contribution in [3.8, 4) is 0 Å². The van der Waals surface area contributed by atoms with Crippen molar-refractivity contribution in [1.82, 2.24) is 0 Å². The first kappa shape index (κ1) is 35.8. The van der Waals surface area contributed by atoms with Gasteiger partial charge in [0.25, 0.3) is 0 Å². The molecule has 0 bridgehead atoms. The number of aliphatic hydroxyl groups excluding tert-OH is 1. The number of aliphatic hydroxyl groups is 1. The van der Waals surface area contributed by atoms with Gasteiger partial charge in [-0.2, -0.15) is 52.7 Å². The van der Waals surface area contributed by atoms with Crippen LogP contribution in [0.3, 0.4) is 0 Å². The van der Waals surface area contributed by atoms with E-state index in [1.165, 1.54) is 0 Å². The van der Waals surface area contributed by atoms with E-state index in [1.807, 2.05) is 0 Å². The minimum atomic E-state index is -7.85. The molecular formula is C22H31F13O2. The molecule has 0 rings (SSSR count). The van der Waals surface area contributed by atoms with Gasteiger partial charge >= 0.3 is 35.5 Å². The van der Waals surface area contributed by atoms with E-state index in [1.54, 1.807) is 6.08 Å². The first-order valence-electron chi connectivity index (χ1n) is 11.3. The smallest absolute Gasteiger partial charge is 0.384 e. The molecule has 0 aliphatic carbocycles. The second-order valence-electron chi connectivity index (χ2n) is 9.13. The summed E-state index contributed by atoms with van der Waals surface area (Å²) < 4.78 is 184. The molecule has 15 heteroatoms. The van der Waals surface area contributed by atoms with Crippen LogP contribution in [0.4, 0.5) is 57.1 Å². The Labute approximate surface area is 206 Å². The Morgan fingerprint density at radius 3 is 1.49 bits per heavy atom. The number of ether oxygens (including phenoxy) is 1. The first-order chi connectivity index (χ1) is 16.5. The van der Waals surface area contributed by atoms with Crippen molar-refractivity contribution in [2.45, 2.75) is 113 Å². The van der Waals surface area contributed by atoms with Gasteiger partial charge in [0.2, 0.25) is 0 Å². The largest absolute Gasteiger partial charge is 0.394 e. The summed E-state index contributed by atoms with van der Waals surface area (Å²) >= 11 is 0. The van der Waals surface area contributed by atoms with Crippen LogP contribution in [-0.2, 0) is 4.74 Å². The van der Waals surface area contributed by atoms with Gasteiger partial charge in [0.05, 0.1) is 12.7 Å². The fourth-order valence-electron chi connectivity index (χ4n) is 3.13. The quantitative estimate of drug-likeness (QED) is 0.0957. The van der Waals surface area contributed by atoms with Gasteiger partial charge in [-0.15, -0.1) is 6.58 Å². The van der Waals surface area contributed by atoms with Crippen molar-refractivity contribution in [3.05, 3.63) is 12.7 Å². The lowest BCUT2D eigenvalue weighted by atomic mass is 9.85. The van der Waals surface area contributed by atoms with Crippen molar-refractivity contribution < 1.29 is 66.9 Å². The van der Waals surface area contributed by atoms with Gasteiger partial charge in [-0.25, -0.2) is 4.39 Å². The van der Waals surface area contributed by atoms with E-state index in [0.717, 1.165) is 25.7 Å². The van der Waals surface area contributed by atoms with Crippen LogP contribution in [0.1, 0.15) is 65.2 Å². The summed E-state index contributed by atoms with van der Waals surface area (Å²) in [5.74, 6) is -43.5.